The Labute approximate surface area is 128 Å². The van der Waals surface area contributed by atoms with Crippen molar-refractivity contribution >= 4 is 21.6 Å². The van der Waals surface area contributed by atoms with Crippen LogP contribution in [-0.4, -0.2) is 20.2 Å². The van der Waals surface area contributed by atoms with Crippen molar-refractivity contribution in [3.63, 3.8) is 0 Å². The molecule has 1 heterocycles. The van der Waals surface area contributed by atoms with Crippen molar-refractivity contribution in [1.82, 2.24) is 20.2 Å². The molecule has 7 heteroatoms. The Morgan fingerprint density at radius 3 is 2.71 bits per heavy atom. The Kier molecular flexibility index (Phi) is 3.42. The van der Waals surface area contributed by atoms with Crippen molar-refractivity contribution in [2.24, 2.45) is 0 Å². The van der Waals surface area contributed by atoms with E-state index in [1.54, 1.807) is 22.9 Å². The minimum Gasteiger partial charge on any atom is -0.399 e. The molecule has 0 radical (unpaired) electrons. The van der Waals surface area contributed by atoms with Gasteiger partial charge in [0.05, 0.1) is 10.2 Å². The fourth-order valence-electron chi connectivity index (χ4n) is 2.10. The molecule has 5 nitrogen and oxygen atoms in total. The minimum atomic E-state index is -0.340. The Hall–Kier alpha value is -2.28. The third kappa shape index (κ3) is 2.64. The van der Waals surface area contributed by atoms with Crippen LogP contribution < -0.4 is 5.73 Å². The molecule has 3 aromatic rings. The molecule has 0 amide bonds. The quantitative estimate of drug-likeness (QED) is 0.723. The Morgan fingerprint density at radius 1 is 1.19 bits per heavy atom. The Morgan fingerprint density at radius 2 is 2.00 bits per heavy atom. The molecule has 0 spiro atoms. The lowest BCUT2D eigenvalue weighted by Crippen LogP contribution is -2.01. The highest BCUT2D eigenvalue weighted by Gasteiger charge is 2.13. The molecule has 3 rings (SSSR count). The molecular formula is C14H11BrFN5. The number of hydrogen-bond donors (Lipinski definition) is 1. The van der Waals surface area contributed by atoms with Crippen LogP contribution in [0.2, 0.25) is 0 Å². The van der Waals surface area contributed by atoms with E-state index in [-0.39, 0.29) is 5.82 Å². The van der Waals surface area contributed by atoms with E-state index < -0.39 is 0 Å². The SMILES string of the molecule is Cc1cc(N)cc(-c2nnnn2-c2ccc(F)c(Br)c2)c1. The second-order valence-corrected chi connectivity index (χ2v) is 5.50. The largest absolute Gasteiger partial charge is 0.399 e. The summed E-state index contributed by atoms with van der Waals surface area (Å²) in [5.74, 6) is 0.206. The van der Waals surface area contributed by atoms with Crippen LogP contribution in [0.25, 0.3) is 17.1 Å². The number of anilines is 1. The van der Waals surface area contributed by atoms with E-state index in [0.717, 1.165) is 11.1 Å². The van der Waals surface area contributed by atoms with Crippen molar-refractivity contribution in [1.29, 1.82) is 0 Å². The van der Waals surface area contributed by atoms with Crippen molar-refractivity contribution in [2.45, 2.75) is 6.92 Å². The maximum absolute atomic E-state index is 13.3. The van der Waals surface area contributed by atoms with Crippen LogP contribution in [0, 0.1) is 12.7 Å². The van der Waals surface area contributed by atoms with Gasteiger partial charge in [0.25, 0.3) is 0 Å². The summed E-state index contributed by atoms with van der Waals surface area (Å²) in [6.07, 6.45) is 0. The molecule has 0 saturated heterocycles. The summed E-state index contributed by atoms with van der Waals surface area (Å²) in [5.41, 5.74) is 8.98. The molecule has 0 aliphatic heterocycles. The van der Waals surface area contributed by atoms with Crippen LogP contribution in [0.4, 0.5) is 10.1 Å². The van der Waals surface area contributed by atoms with Gasteiger partial charge in [-0.3, -0.25) is 0 Å². The summed E-state index contributed by atoms with van der Waals surface area (Å²) in [5, 5.41) is 11.7. The Balaban J connectivity index is 2.14. The van der Waals surface area contributed by atoms with E-state index in [4.69, 9.17) is 5.73 Å². The van der Waals surface area contributed by atoms with Crippen LogP contribution in [0.1, 0.15) is 5.56 Å². The number of aromatic nitrogens is 4. The first-order valence-electron chi connectivity index (χ1n) is 6.16. The van der Waals surface area contributed by atoms with Crippen LogP contribution in [0.5, 0.6) is 0 Å². The highest BCUT2D eigenvalue weighted by Crippen LogP contribution is 2.25. The summed E-state index contributed by atoms with van der Waals surface area (Å²) >= 11 is 3.16. The van der Waals surface area contributed by atoms with Crippen LogP contribution in [-0.2, 0) is 0 Å². The van der Waals surface area contributed by atoms with E-state index >= 15 is 0 Å². The van der Waals surface area contributed by atoms with Crippen LogP contribution in [0.3, 0.4) is 0 Å². The van der Waals surface area contributed by atoms with Gasteiger partial charge in [0.15, 0.2) is 5.82 Å². The second kappa shape index (κ2) is 5.25. The predicted octanol–water partition coefficient (Wildman–Crippen LogP) is 3.12. The van der Waals surface area contributed by atoms with Gasteiger partial charge in [-0.25, -0.2) is 4.39 Å². The molecule has 2 N–H and O–H groups in total. The monoisotopic (exact) mass is 347 g/mol. The van der Waals surface area contributed by atoms with Gasteiger partial charge < -0.3 is 5.73 Å². The Bertz CT molecular complexity index is 795. The van der Waals surface area contributed by atoms with E-state index in [1.165, 1.54) is 6.07 Å². The fourth-order valence-corrected chi connectivity index (χ4v) is 2.47. The van der Waals surface area contributed by atoms with E-state index in [9.17, 15) is 4.39 Å². The molecular weight excluding hydrogens is 337 g/mol. The number of nitrogens with two attached hydrogens (primary N) is 1. The maximum atomic E-state index is 13.3. The van der Waals surface area contributed by atoms with Gasteiger partial charge in [0.2, 0.25) is 0 Å². The third-order valence-corrected chi connectivity index (χ3v) is 3.58. The van der Waals surface area contributed by atoms with Crippen molar-refractivity contribution in [3.8, 4) is 17.1 Å². The molecule has 0 saturated carbocycles. The number of tetrazole rings is 1. The maximum Gasteiger partial charge on any atom is 0.187 e. The van der Waals surface area contributed by atoms with Crippen LogP contribution in [0.15, 0.2) is 40.9 Å². The van der Waals surface area contributed by atoms with Crippen molar-refractivity contribution < 1.29 is 4.39 Å². The van der Waals surface area contributed by atoms with Gasteiger partial charge >= 0.3 is 0 Å². The number of halogens is 2. The van der Waals surface area contributed by atoms with E-state index in [0.29, 0.717) is 21.7 Å². The zero-order valence-corrected chi connectivity index (χ0v) is 12.7. The summed E-state index contributed by atoms with van der Waals surface area (Å²) in [6.45, 7) is 1.95. The van der Waals surface area contributed by atoms with E-state index in [1.807, 2.05) is 19.1 Å². The lowest BCUT2D eigenvalue weighted by molar-refractivity contribution is 0.620. The lowest BCUT2D eigenvalue weighted by Gasteiger charge is -2.07. The highest BCUT2D eigenvalue weighted by atomic mass is 79.9. The molecule has 0 unspecified atom stereocenters. The average molecular weight is 348 g/mol. The molecule has 0 fully saturated rings. The third-order valence-electron chi connectivity index (χ3n) is 2.98. The first-order valence-corrected chi connectivity index (χ1v) is 6.95. The number of rotatable bonds is 2. The molecule has 21 heavy (non-hydrogen) atoms. The highest BCUT2D eigenvalue weighted by molar-refractivity contribution is 9.10. The van der Waals surface area contributed by atoms with Crippen molar-refractivity contribution in [3.05, 3.63) is 52.3 Å². The molecule has 106 valence electrons. The van der Waals surface area contributed by atoms with E-state index in [2.05, 4.69) is 31.5 Å². The summed E-state index contributed by atoms with van der Waals surface area (Å²) in [4.78, 5) is 0. The fraction of sp³-hybridized carbons (Fsp3) is 0.0714. The number of aryl methyl sites for hydroxylation is 1. The van der Waals surface area contributed by atoms with Crippen LogP contribution >= 0.6 is 15.9 Å². The summed E-state index contributed by atoms with van der Waals surface area (Å²) in [7, 11) is 0. The molecule has 0 atom stereocenters. The topological polar surface area (TPSA) is 69.6 Å². The molecule has 0 bridgehead atoms. The number of nitrogens with zero attached hydrogens (tertiary/aromatic N) is 4. The second-order valence-electron chi connectivity index (χ2n) is 4.65. The van der Waals surface area contributed by atoms with Gasteiger partial charge in [-0.1, -0.05) is 0 Å². The van der Waals surface area contributed by atoms with Gasteiger partial charge in [-0.05, 0) is 75.2 Å². The standard InChI is InChI=1S/C14H11BrFN5/c1-8-4-9(6-10(17)5-8)14-18-19-20-21(14)11-2-3-13(16)12(15)7-11/h2-7H,17H2,1H3. The smallest absolute Gasteiger partial charge is 0.187 e. The normalized spacial score (nSPS) is 10.8. The first-order chi connectivity index (χ1) is 10.0. The zero-order chi connectivity index (χ0) is 15.0. The molecule has 0 aliphatic rings. The zero-order valence-electron chi connectivity index (χ0n) is 11.1. The summed E-state index contributed by atoms with van der Waals surface area (Å²) in [6, 6.07) is 10.2. The summed E-state index contributed by atoms with van der Waals surface area (Å²) < 4.78 is 15.2. The molecule has 2 aromatic carbocycles. The van der Waals surface area contributed by atoms with Gasteiger partial charge in [-0.15, -0.1) is 5.10 Å². The first kappa shape index (κ1) is 13.7. The van der Waals surface area contributed by atoms with Gasteiger partial charge in [0, 0.05) is 11.3 Å². The van der Waals surface area contributed by atoms with Gasteiger partial charge in [-0.2, -0.15) is 4.68 Å². The number of hydrogen-bond acceptors (Lipinski definition) is 4. The lowest BCUT2D eigenvalue weighted by atomic mass is 10.1. The van der Waals surface area contributed by atoms with Crippen molar-refractivity contribution in [2.75, 3.05) is 5.73 Å². The average Bonchev–Trinajstić information content (AvgIpc) is 2.90. The number of nitrogen functional groups attached to an aromatic ring is 1. The molecule has 1 aromatic heterocycles. The minimum absolute atomic E-state index is 0.340. The predicted molar refractivity (Wildman–Crippen MR) is 81.4 cm³/mol. The molecule has 0 aliphatic carbocycles. The van der Waals surface area contributed by atoms with Gasteiger partial charge in [0.1, 0.15) is 5.82 Å². The number of benzene rings is 2.